The summed E-state index contributed by atoms with van der Waals surface area (Å²) in [6, 6.07) is 7.18. The van der Waals surface area contributed by atoms with E-state index in [0.29, 0.717) is 12.0 Å². The van der Waals surface area contributed by atoms with Crippen molar-refractivity contribution in [3.63, 3.8) is 0 Å². The number of halogens is 1. The largest absolute Gasteiger partial charge is 0.327 e. The quantitative estimate of drug-likeness (QED) is 0.890. The third-order valence-corrected chi connectivity index (χ3v) is 3.86. The van der Waals surface area contributed by atoms with Crippen molar-refractivity contribution in [1.82, 2.24) is 4.90 Å². The number of benzene rings is 1. The highest BCUT2D eigenvalue weighted by Gasteiger charge is 2.22. The summed E-state index contributed by atoms with van der Waals surface area (Å²) < 4.78 is 13.1. The molecule has 1 aliphatic rings. The van der Waals surface area contributed by atoms with Crippen LogP contribution in [0.5, 0.6) is 0 Å². The summed E-state index contributed by atoms with van der Waals surface area (Å²) in [5.41, 5.74) is 7.19. The molecule has 0 bridgehead atoms. The maximum atomic E-state index is 13.1. The van der Waals surface area contributed by atoms with Gasteiger partial charge in [0.1, 0.15) is 5.82 Å². The first-order valence-electron chi connectivity index (χ1n) is 6.83. The Hall–Kier alpha value is -0.930. The van der Waals surface area contributed by atoms with E-state index in [2.05, 4.69) is 11.9 Å². The Labute approximate surface area is 109 Å². The summed E-state index contributed by atoms with van der Waals surface area (Å²) in [5.74, 6) is 0.438. The molecular formula is C15H23FN2. The Kier molecular flexibility index (Phi) is 4.72. The molecule has 1 saturated carbocycles. The van der Waals surface area contributed by atoms with Crippen LogP contribution in [-0.4, -0.2) is 24.5 Å². The molecule has 2 nitrogen and oxygen atoms in total. The van der Waals surface area contributed by atoms with E-state index in [0.717, 1.165) is 25.1 Å². The number of nitrogens with zero attached hydrogens (tertiary/aromatic N) is 1. The van der Waals surface area contributed by atoms with Crippen molar-refractivity contribution >= 4 is 0 Å². The predicted molar refractivity (Wildman–Crippen MR) is 72.7 cm³/mol. The number of nitrogens with two attached hydrogens (primary N) is 1. The molecule has 100 valence electrons. The molecule has 1 aliphatic carbocycles. The maximum Gasteiger partial charge on any atom is 0.123 e. The van der Waals surface area contributed by atoms with Gasteiger partial charge in [-0.25, -0.2) is 4.39 Å². The molecule has 0 saturated heterocycles. The molecule has 0 spiro atoms. The van der Waals surface area contributed by atoms with E-state index in [4.69, 9.17) is 5.73 Å². The van der Waals surface area contributed by atoms with Crippen molar-refractivity contribution in [3.8, 4) is 0 Å². The lowest BCUT2D eigenvalue weighted by Gasteiger charge is -2.32. The minimum absolute atomic E-state index is 0.157. The highest BCUT2D eigenvalue weighted by molar-refractivity contribution is 5.16. The van der Waals surface area contributed by atoms with Crippen LogP contribution in [-0.2, 0) is 6.54 Å². The summed E-state index contributed by atoms with van der Waals surface area (Å²) in [6.07, 6.45) is 4.95. The number of hydrogen-bond donors (Lipinski definition) is 1. The van der Waals surface area contributed by atoms with E-state index in [-0.39, 0.29) is 5.82 Å². The molecule has 0 radical (unpaired) electrons. The Morgan fingerprint density at radius 3 is 2.83 bits per heavy atom. The maximum absolute atomic E-state index is 13.1. The predicted octanol–water partition coefficient (Wildman–Crippen LogP) is 2.78. The van der Waals surface area contributed by atoms with Crippen LogP contribution in [0.3, 0.4) is 0 Å². The van der Waals surface area contributed by atoms with Crippen molar-refractivity contribution < 1.29 is 4.39 Å². The molecule has 1 aromatic rings. The first kappa shape index (κ1) is 13.5. The fraction of sp³-hybridized carbons (Fsp3) is 0.600. The molecule has 0 aliphatic heterocycles. The summed E-state index contributed by atoms with van der Waals surface area (Å²) in [6.45, 7) is 1.80. The van der Waals surface area contributed by atoms with Gasteiger partial charge in [0, 0.05) is 19.1 Å². The van der Waals surface area contributed by atoms with Crippen LogP contribution < -0.4 is 5.73 Å². The molecule has 1 fully saturated rings. The van der Waals surface area contributed by atoms with Gasteiger partial charge in [0.15, 0.2) is 0 Å². The van der Waals surface area contributed by atoms with Crippen molar-refractivity contribution in [2.45, 2.75) is 38.3 Å². The first-order chi connectivity index (χ1) is 8.65. The molecule has 3 heteroatoms. The SMILES string of the molecule is CN(Cc1cccc(F)c1)CC1CCCCC1N. The summed E-state index contributed by atoms with van der Waals surface area (Å²) >= 11 is 0. The molecular weight excluding hydrogens is 227 g/mol. The average molecular weight is 250 g/mol. The van der Waals surface area contributed by atoms with E-state index in [1.807, 2.05) is 6.07 Å². The van der Waals surface area contributed by atoms with Crippen LogP contribution in [0, 0.1) is 11.7 Å². The fourth-order valence-electron chi connectivity index (χ4n) is 2.87. The van der Waals surface area contributed by atoms with Gasteiger partial charge in [-0.2, -0.15) is 0 Å². The smallest absolute Gasteiger partial charge is 0.123 e. The fourth-order valence-corrected chi connectivity index (χ4v) is 2.87. The zero-order valence-electron chi connectivity index (χ0n) is 11.1. The first-order valence-corrected chi connectivity index (χ1v) is 6.83. The lowest BCUT2D eigenvalue weighted by atomic mass is 9.85. The van der Waals surface area contributed by atoms with E-state index in [9.17, 15) is 4.39 Å². The van der Waals surface area contributed by atoms with Gasteiger partial charge in [0.2, 0.25) is 0 Å². The van der Waals surface area contributed by atoms with Crippen LogP contribution >= 0.6 is 0 Å². The van der Waals surface area contributed by atoms with Gasteiger partial charge >= 0.3 is 0 Å². The summed E-state index contributed by atoms with van der Waals surface area (Å²) in [5, 5.41) is 0. The molecule has 1 aromatic carbocycles. The molecule has 2 N–H and O–H groups in total. The molecule has 2 rings (SSSR count). The van der Waals surface area contributed by atoms with Gasteiger partial charge in [0.25, 0.3) is 0 Å². The molecule has 0 heterocycles. The Bertz CT molecular complexity index is 381. The van der Waals surface area contributed by atoms with Gasteiger partial charge in [-0.1, -0.05) is 25.0 Å². The van der Waals surface area contributed by atoms with Crippen LogP contribution in [0.15, 0.2) is 24.3 Å². The number of hydrogen-bond acceptors (Lipinski definition) is 2. The van der Waals surface area contributed by atoms with Crippen LogP contribution in [0.25, 0.3) is 0 Å². The third kappa shape index (κ3) is 3.79. The minimum atomic E-state index is -0.157. The Morgan fingerprint density at radius 1 is 1.33 bits per heavy atom. The van der Waals surface area contributed by atoms with E-state index in [1.165, 1.54) is 25.3 Å². The van der Waals surface area contributed by atoms with Crippen molar-refractivity contribution in [2.75, 3.05) is 13.6 Å². The highest BCUT2D eigenvalue weighted by Crippen LogP contribution is 2.23. The van der Waals surface area contributed by atoms with Gasteiger partial charge in [-0.05, 0) is 43.5 Å². The Balaban J connectivity index is 1.86. The highest BCUT2D eigenvalue weighted by atomic mass is 19.1. The normalized spacial score (nSPS) is 24.4. The van der Waals surface area contributed by atoms with E-state index in [1.54, 1.807) is 12.1 Å². The van der Waals surface area contributed by atoms with Gasteiger partial charge in [-0.3, -0.25) is 0 Å². The van der Waals surface area contributed by atoms with Crippen molar-refractivity contribution in [2.24, 2.45) is 11.7 Å². The topological polar surface area (TPSA) is 29.3 Å². The van der Waals surface area contributed by atoms with E-state index < -0.39 is 0 Å². The van der Waals surface area contributed by atoms with Gasteiger partial charge < -0.3 is 10.6 Å². The zero-order valence-corrected chi connectivity index (χ0v) is 11.1. The standard InChI is InChI=1S/C15H23FN2/c1-18(10-12-5-4-7-14(16)9-12)11-13-6-2-3-8-15(13)17/h4-5,7,9,13,15H,2-3,6,8,10-11,17H2,1H3. The molecule has 0 amide bonds. The minimum Gasteiger partial charge on any atom is -0.327 e. The van der Waals surface area contributed by atoms with Crippen LogP contribution in [0.4, 0.5) is 4.39 Å². The van der Waals surface area contributed by atoms with Crippen LogP contribution in [0.1, 0.15) is 31.2 Å². The zero-order chi connectivity index (χ0) is 13.0. The third-order valence-electron chi connectivity index (χ3n) is 3.86. The molecule has 2 atom stereocenters. The lowest BCUT2D eigenvalue weighted by molar-refractivity contribution is 0.206. The molecule has 18 heavy (non-hydrogen) atoms. The second-order valence-electron chi connectivity index (χ2n) is 5.54. The van der Waals surface area contributed by atoms with Gasteiger partial charge in [-0.15, -0.1) is 0 Å². The van der Waals surface area contributed by atoms with Crippen molar-refractivity contribution in [1.29, 1.82) is 0 Å². The molecule has 0 aromatic heterocycles. The number of rotatable bonds is 4. The Morgan fingerprint density at radius 2 is 2.11 bits per heavy atom. The summed E-state index contributed by atoms with van der Waals surface area (Å²) in [7, 11) is 2.09. The van der Waals surface area contributed by atoms with Crippen LogP contribution in [0.2, 0.25) is 0 Å². The average Bonchev–Trinajstić information content (AvgIpc) is 2.32. The van der Waals surface area contributed by atoms with Gasteiger partial charge in [0.05, 0.1) is 0 Å². The second kappa shape index (κ2) is 6.30. The monoisotopic (exact) mass is 250 g/mol. The van der Waals surface area contributed by atoms with Crippen molar-refractivity contribution in [3.05, 3.63) is 35.6 Å². The van der Waals surface area contributed by atoms with E-state index >= 15 is 0 Å². The second-order valence-corrected chi connectivity index (χ2v) is 5.54. The lowest BCUT2D eigenvalue weighted by Crippen LogP contribution is -2.39. The molecule has 2 unspecified atom stereocenters. The summed E-state index contributed by atoms with van der Waals surface area (Å²) in [4.78, 5) is 2.25.